The van der Waals surface area contributed by atoms with Crippen LogP contribution in [0, 0.1) is 6.92 Å². The molecule has 3 aromatic rings. The minimum absolute atomic E-state index is 0.0217. The minimum Gasteiger partial charge on any atom is -0.481 e. The Labute approximate surface area is 322 Å². The van der Waals surface area contributed by atoms with Crippen LogP contribution in [-0.4, -0.2) is 73.2 Å². The number of hydrazone groups is 1. The van der Waals surface area contributed by atoms with E-state index >= 15 is 0 Å². The molecule has 4 amide bonds. The fourth-order valence-electron chi connectivity index (χ4n) is 5.07. The van der Waals surface area contributed by atoms with Crippen molar-refractivity contribution in [3.05, 3.63) is 52.9 Å². The number of nitrogens with zero attached hydrogens (tertiary/aromatic N) is 1. The molecule has 0 unspecified atom stereocenters. The quantitative estimate of drug-likeness (QED) is 0.0329. The fourth-order valence-corrected chi connectivity index (χ4v) is 9.01. The highest BCUT2D eigenvalue weighted by Gasteiger charge is 2.25. The van der Waals surface area contributed by atoms with E-state index in [9.17, 15) is 32.4 Å². The first-order chi connectivity index (χ1) is 25.4. The topological polar surface area (TPSA) is 230 Å². The second-order valence-electron chi connectivity index (χ2n) is 13.0. The van der Waals surface area contributed by atoms with Crippen LogP contribution in [0.15, 0.2) is 61.6 Å². The van der Waals surface area contributed by atoms with Gasteiger partial charge in [-0.3, -0.25) is 14.4 Å². The molecule has 1 aromatic heterocycles. The Hall–Kier alpha value is -4.94. The summed E-state index contributed by atoms with van der Waals surface area (Å²) < 4.78 is 33.8. The first kappa shape index (κ1) is 43.5. The Kier molecular flexibility index (Phi) is 16.0. The number of ether oxygens (including phenoxy) is 1. The number of unbranched alkanes of at least 4 members (excludes halogenated alkanes) is 2. The van der Waals surface area contributed by atoms with Crippen LogP contribution in [0.25, 0.3) is 11.1 Å². The number of hydrogen-bond donors (Lipinski definition) is 6. The van der Waals surface area contributed by atoms with Crippen LogP contribution in [0.1, 0.15) is 76.2 Å². The molecule has 1 heterocycles. The zero-order chi connectivity index (χ0) is 40.1. The number of benzene rings is 2. The van der Waals surface area contributed by atoms with Gasteiger partial charge in [0.15, 0.2) is 0 Å². The van der Waals surface area contributed by atoms with Gasteiger partial charge in [0.1, 0.15) is 5.60 Å². The number of thiophene rings is 1. The molecule has 54 heavy (non-hydrogen) atoms. The van der Waals surface area contributed by atoms with Gasteiger partial charge in [-0.15, -0.1) is 23.1 Å². The lowest BCUT2D eigenvalue weighted by atomic mass is 9.97. The minimum atomic E-state index is -4.09. The number of aryl methyl sites for hydroxylation is 1. The van der Waals surface area contributed by atoms with Crippen molar-refractivity contribution in [2.45, 2.75) is 92.2 Å². The largest absolute Gasteiger partial charge is 0.481 e. The van der Waals surface area contributed by atoms with E-state index in [2.05, 4.69) is 26.5 Å². The highest BCUT2D eigenvalue weighted by atomic mass is 32.2. The second kappa shape index (κ2) is 19.9. The molecule has 6 N–H and O–H groups in total. The average Bonchev–Trinajstić information content (AvgIpc) is 3.49. The molecular formula is C36H45N5O10S3. The number of hydrogen-bond acceptors (Lipinski definition) is 11. The molecule has 0 aliphatic carbocycles. The maximum Gasteiger partial charge on any atom is 0.428 e. The molecule has 0 atom stereocenters. The summed E-state index contributed by atoms with van der Waals surface area (Å²) in [7, 11) is -4.09. The van der Waals surface area contributed by atoms with Crippen molar-refractivity contribution in [2.24, 2.45) is 5.10 Å². The molecule has 0 saturated heterocycles. The van der Waals surface area contributed by atoms with E-state index in [0.29, 0.717) is 57.3 Å². The summed E-state index contributed by atoms with van der Waals surface area (Å²) >= 11 is 2.42. The molecule has 0 bridgehead atoms. The molecule has 0 fully saturated rings. The number of carbonyl (C=O) groups excluding carboxylic acids is 3. The first-order valence-corrected chi connectivity index (χ1v) is 20.4. The molecule has 0 radical (unpaired) electrons. The normalized spacial score (nSPS) is 11.6. The molecule has 0 aliphatic rings. The number of carboxylic acids is 2. The van der Waals surface area contributed by atoms with Gasteiger partial charge in [-0.2, -0.15) is 5.10 Å². The van der Waals surface area contributed by atoms with Crippen molar-refractivity contribution >= 4 is 80.5 Å². The predicted octanol–water partition coefficient (Wildman–Crippen LogP) is 7.10. The van der Waals surface area contributed by atoms with Crippen molar-refractivity contribution in [2.75, 3.05) is 23.4 Å². The molecule has 3 rings (SSSR count). The van der Waals surface area contributed by atoms with Gasteiger partial charge in [0, 0.05) is 41.9 Å². The number of thioether (sulfide) groups is 1. The maximum atomic E-state index is 14.1. The fraction of sp³-hybridized carbons (Fsp3) is 0.389. The molecule has 292 valence electrons. The molecule has 0 saturated carbocycles. The summed E-state index contributed by atoms with van der Waals surface area (Å²) in [5.41, 5.74) is 3.68. The van der Waals surface area contributed by atoms with E-state index in [-0.39, 0.29) is 41.2 Å². The van der Waals surface area contributed by atoms with Gasteiger partial charge in [-0.05, 0) is 94.7 Å². The number of anilines is 2. The van der Waals surface area contributed by atoms with Gasteiger partial charge in [-0.1, -0.05) is 18.6 Å². The standard InChI is InChI=1S/C36H45N5O10S3/c1-22-17-24(39-34(47)37-16-8-6-7-14-30(43)44)19-27(40-29(42)13-10-15-31(45)46)32(22)23-11-9-12-26(18-23)54(49,50)28-20-25(53-33(28)52-5)21-38-41-35(48)51-36(2,3)4/h9,11-12,17-21H,6-8,10,13-16H2,1-5H3,(H,40,42)(H,41,48)(H,43,44)(H,45,46)(H2,37,39,47). The van der Waals surface area contributed by atoms with Crippen LogP contribution in [-0.2, 0) is 29.0 Å². The summed E-state index contributed by atoms with van der Waals surface area (Å²) in [6.45, 7) is 7.19. The number of sulfone groups is 1. The highest BCUT2D eigenvalue weighted by molar-refractivity contribution is 8.01. The predicted molar refractivity (Wildman–Crippen MR) is 208 cm³/mol. The van der Waals surface area contributed by atoms with Crippen molar-refractivity contribution in [3.8, 4) is 11.1 Å². The highest BCUT2D eigenvalue weighted by Crippen LogP contribution is 2.39. The van der Waals surface area contributed by atoms with E-state index in [0.717, 1.165) is 0 Å². The molecule has 0 aliphatic heterocycles. The zero-order valence-electron chi connectivity index (χ0n) is 30.6. The average molecular weight is 804 g/mol. The van der Waals surface area contributed by atoms with Crippen LogP contribution in [0.2, 0.25) is 0 Å². The van der Waals surface area contributed by atoms with Crippen LogP contribution in [0.4, 0.5) is 21.0 Å². The van der Waals surface area contributed by atoms with Crippen molar-refractivity contribution in [1.82, 2.24) is 10.7 Å². The van der Waals surface area contributed by atoms with E-state index in [4.69, 9.17) is 14.9 Å². The van der Waals surface area contributed by atoms with E-state index < -0.39 is 45.4 Å². The van der Waals surface area contributed by atoms with Gasteiger partial charge >= 0.3 is 24.1 Å². The van der Waals surface area contributed by atoms with Crippen LogP contribution in [0.5, 0.6) is 0 Å². The van der Waals surface area contributed by atoms with Crippen LogP contribution >= 0.6 is 23.1 Å². The SMILES string of the molecule is CSc1sc(C=NNC(=O)OC(C)(C)C)cc1S(=O)(=O)c1cccc(-c2c(C)cc(NC(=O)NCCCCCC(=O)O)cc2NC(=O)CCCC(=O)O)c1. The number of rotatable bonds is 18. The Morgan fingerprint density at radius 3 is 2.30 bits per heavy atom. The Balaban J connectivity index is 1.92. The van der Waals surface area contributed by atoms with Crippen LogP contribution in [0.3, 0.4) is 0 Å². The van der Waals surface area contributed by atoms with Gasteiger partial charge in [0.05, 0.1) is 25.9 Å². The number of amides is 4. The number of carbonyl (C=O) groups is 5. The molecular weight excluding hydrogens is 759 g/mol. The monoisotopic (exact) mass is 803 g/mol. The lowest BCUT2D eigenvalue weighted by Crippen LogP contribution is -2.29. The van der Waals surface area contributed by atoms with Crippen molar-refractivity contribution < 1.29 is 47.3 Å². The lowest BCUT2D eigenvalue weighted by Gasteiger charge is -2.18. The van der Waals surface area contributed by atoms with Crippen molar-refractivity contribution in [3.63, 3.8) is 0 Å². The van der Waals surface area contributed by atoms with Gasteiger partial charge < -0.3 is 30.9 Å². The van der Waals surface area contributed by atoms with Gasteiger partial charge in [0.2, 0.25) is 15.7 Å². The molecule has 18 heteroatoms. The van der Waals surface area contributed by atoms with E-state index in [1.54, 1.807) is 52.1 Å². The maximum absolute atomic E-state index is 14.1. The second-order valence-corrected chi connectivity index (χ2v) is 17.1. The van der Waals surface area contributed by atoms with Gasteiger partial charge in [-0.25, -0.2) is 23.4 Å². The van der Waals surface area contributed by atoms with Gasteiger partial charge in [0.25, 0.3) is 0 Å². The summed E-state index contributed by atoms with van der Waals surface area (Å²) in [6, 6.07) is 10.4. The van der Waals surface area contributed by atoms with E-state index in [1.165, 1.54) is 53.6 Å². The van der Waals surface area contributed by atoms with Crippen molar-refractivity contribution in [1.29, 1.82) is 0 Å². The number of nitrogens with one attached hydrogen (secondary N) is 4. The Morgan fingerprint density at radius 1 is 0.926 bits per heavy atom. The summed E-state index contributed by atoms with van der Waals surface area (Å²) in [6.07, 6.45) is 3.87. The number of aliphatic carboxylic acids is 2. The van der Waals surface area contributed by atoms with E-state index in [1.807, 2.05) is 0 Å². The first-order valence-electron chi connectivity index (χ1n) is 16.9. The third kappa shape index (κ3) is 13.8. The summed E-state index contributed by atoms with van der Waals surface area (Å²) in [4.78, 5) is 59.8. The molecule has 15 nitrogen and oxygen atoms in total. The number of carboxylic acid groups (broad SMARTS) is 2. The smallest absolute Gasteiger partial charge is 0.428 e. The molecule has 2 aromatic carbocycles. The van der Waals surface area contributed by atoms with Crippen LogP contribution < -0.4 is 21.4 Å². The summed E-state index contributed by atoms with van der Waals surface area (Å²) in [5, 5.41) is 29.9. The Bertz CT molecular complexity index is 1990. The zero-order valence-corrected chi connectivity index (χ0v) is 33.1. The Morgan fingerprint density at radius 2 is 1.63 bits per heavy atom. The number of urea groups is 1. The third-order valence-corrected chi connectivity index (χ3v) is 11.6. The third-order valence-electron chi connectivity index (χ3n) is 7.35. The summed E-state index contributed by atoms with van der Waals surface area (Å²) in [5.74, 6) is -2.39. The lowest BCUT2D eigenvalue weighted by molar-refractivity contribution is -0.138. The molecule has 0 spiro atoms.